The molecule has 3 rings (SSSR count). The lowest BCUT2D eigenvalue weighted by Crippen LogP contribution is -2.09. The van der Waals surface area contributed by atoms with Crippen molar-refractivity contribution < 1.29 is 31.9 Å². The van der Waals surface area contributed by atoms with Crippen LogP contribution in [-0.2, 0) is 0 Å². The minimum atomic E-state index is -2.59. The first-order valence-corrected chi connectivity index (χ1v) is 7.18. The van der Waals surface area contributed by atoms with Crippen LogP contribution in [0, 0.1) is 0 Å². The van der Waals surface area contributed by atoms with E-state index in [1.807, 2.05) is 0 Å². The van der Waals surface area contributed by atoms with Gasteiger partial charge in [0.2, 0.25) is 0 Å². The van der Waals surface area contributed by atoms with Crippen LogP contribution in [0.3, 0.4) is 0 Å². The summed E-state index contributed by atoms with van der Waals surface area (Å²) in [6, 6.07) is 10.2. The Morgan fingerprint density at radius 1 is 0.885 bits per heavy atom. The van der Waals surface area contributed by atoms with Gasteiger partial charge >= 0.3 is 23.7 Å². The molecule has 0 atom stereocenters. The topological polar surface area (TPSA) is 65.7 Å². The summed E-state index contributed by atoms with van der Waals surface area (Å²) in [7, 11) is 0. The van der Waals surface area contributed by atoms with Crippen molar-refractivity contribution in [2.45, 2.75) is 0 Å². The molecule has 26 heavy (non-hydrogen) atoms. The van der Waals surface area contributed by atoms with Crippen LogP contribution in [0.25, 0.3) is 11.0 Å². The van der Waals surface area contributed by atoms with E-state index in [0.29, 0.717) is 5.39 Å². The Labute approximate surface area is 143 Å². The third-order valence-corrected chi connectivity index (χ3v) is 3.26. The van der Waals surface area contributed by atoms with E-state index >= 15 is 0 Å². The van der Waals surface area contributed by atoms with Crippen LogP contribution in [0.1, 0.15) is 10.4 Å². The van der Waals surface area contributed by atoms with Crippen LogP contribution in [0.15, 0.2) is 75.9 Å². The van der Waals surface area contributed by atoms with Crippen molar-refractivity contribution in [3.8, 4) is 11.5 Å². The molecule has 2 aromatic carbocycles. The van der Waals surface area contributed by atoms with Crippen molar-refractivity contribution in [1.82, 2.24) is 0 Å². The van der Waals surface area contributed by atoms with Gasteiger partial charge in [-0.2, -0.15) is 13.2 Å². The monoisotopic (exact) mass is 362 g/mol. The average molecular weight is 362 g/mol. The van der Waals surface area contributed by atoms with Crippen molar-refractivity contribution in [2.24, 2.45) is 0 Å². The molecule has 0 saturated heterocycles. The van der Waals surface area contributed by atoms with Crippen LogP contribution in [0.2, 0.25) is 0 Å². The van der Waals surface area contributed by atoms with E-state index in [0.717, 1.165) is 12.1 Å². The van der Waals surface area contributed by atoms with Crippen molar-refractivity contribution in [2.75, 3.05) is 0 Å². The SMILES string of the molecule is O=C(Oc1cccc2ccc(=O)oc12)c1ccc(OC(F)=C(F)F)cc1. The lowest BCUT2D eigenvalue weighted by Gasteiger charge is -2.07. The zero-order valence-electron chi connectivity index (χ0n) is 12.9. The number of benzene rings is 2. The molecule has 0 fully saturated rings. The lowest BCUT2D eigenvalue weighted by molar-refractivity contribution is 0.0735. The Balaban J connectivity index is 1.82. The summed E-state index contributed by atoms with van der Waals surface area (Å²) in [5.74, 6) is -0.967. The number of hydrogen-bond donors (Lipinski definition) is 0. The van der Waals surface area contributed by atoms with Gasteiger partial charge in [0.05, 0.1) is 5.56 Å². The summed E-state index contributed by atoms with van der Waals surface area (Å²) >= 11 is 0. The van der Waals surface area contributed by atoms with Crippen LogP contribution in [0.5, 0.6) is 11.5 Å². The highest BCUT2D eigenvalue weighted by atomic mass is 19.3. The van der Waals surface area contributed by atoms with Crippen LogP contribution in [0.4, 0.5) is 13.2 Å². The standard InChI is InChI=1S/C18H9F3O5/c19-16(20)17(21)24-12-7-4-11(5-8-12)18(23)25-13-3-1-2-10-6-9-14(22)26-15(10)13/h1-9H. The number of esters is 1. The molecule has 1 aromatic heterocycles. The van der Waals surface area contributed by atoms with Crippen molar-refractivity contribution in [1.29, 1.82) is 0 Å². The molecule has 8 heteroatoms. The highest BCUT2D eigenvalue weighted by molar-refractivity contribution is 5.93. The summed E-state index contributed by atoms with van der Waals surface area (Å²) in [6.07, 6.45) is -2.59. The number of ether oxygens (including phenoxy) is 2. The fraction of sp³-hybridized carbons (Fsp3) is 0. The van der Waals surface area contributed by atoms with Gasteiger partial charge < -0.3 is 13.9 Å². The van der Waals surface area contributed by atoms with Gasteiger partial charge in [0.1, 0.15) is 5.75 Å². The molecule has 0 N–H and O–H groups in total. The van der Waals surface area contributed by atoms with Gasteiger partial charge in [0, 0.05) is 11.5 Å². The Morgan fingerprint density at radius 3 is 2.31 bits per heavy atom. The van der Waals surface area contributed by atoms with Crippen molar-refractivity contribution >= 4 is 16.9 Å². The smallest absolute Gasteiger partial charge is 0.344 e. The normalized spacial score (nSPS) is 10.4. The van der Waals surface area contributed by atoms with Gasteiger partial charge in [0.25, 0.3) is 0 Å². The maximum absolute atomic E-state index is 12.7. The molecular weight excluding hydrogens is 353 g/mol. The second-order valence-electron chi connectivity index (χ2n) is 4.98. The highest BCUT2D eigenvalue weighted by Gasteiger charge is 2.14. The van der Waals surface area contributed by atoms with Crippen molar-refractivity contribution in [3.63, 3.8) is 0 Å². The van der Waals surface area contributed by atoms with Gasteiger partial charge in [-0.05, 0) is 36.4 Å². The quantitative estimate of drug-likeness (QED) is 0.297. The molecule has 0 aliphatic heterocycles. The van der Waals surface area contributed by atoms with E-state index in [9.17, 15) is 22.8 Å². The molecule has 132 valence electrons. The second kappa shape index (κ2) is 7.14. The largest absolute Gasteiger partial charge is 0.428 e. The van der Waals surface area contributed by atoms with Gasteiger partial charge in [-0.3, -0.25) is 0 Å². The van der Waals surface area contributed by atoms with Crippen molar-refractivity contribution in [3.05, 3.63) is 82.7 Å². The summed E-state index contributed by atoms with van der Waals surface area (Å²) in [6.45, 7) is 0. The molecule has 0 saturated carbocycles. The second-order valence-corrected chi connectivity index (χ2v) is 4.98. The summed E-state index contributed by atoms with van der Waals surface area (Å²) < 4.78 is 51.2. The highest BCUT2D eigenvalue weighted by Crippen LogP contribution is 2.25. The maximum Gasteiger partial charge on any atom is 0.344 e. The molecule has 0 unspecified atom stereocenters. The molecule has 0 aliphatic carbocycles. The molecule has 0 radical (unpaired) electrons. The first-order valence-electron chi connectivity index (χ1n) is 7.18. The lowest BCUT2D eigenvalue weighted by atomic mass is 10.2. The molecule has 0 bridgehead atoms. The fourth-order valence-electron chi connectivity index (χ4n) is 2.11. The summed E-state index contributed by atoms with van der Waals surface area (Å²) in [4.78, 5) is 23.6. The molecule has 5 nitrogen and oxygen atoms in total. The number of rotatable bonds is 4. The number of hydrogen-bond acceptors (Lipinski definition) is 5. The van der Waals surface area contributed by atoms with E-state index < -0.39 is 23.7 Å². The number of carbonyl (C=O) groups excluding carboxylic acids is 1. The zero-order chi connectivity index (χ0) is 18.7. The fourth-order valence-corrected chi connectivity index (χ4v) is 2.11. The average Bonchev–Trinajstić information content (AvgIpc) is 2.62. The predicted octanol–water partition coefficient (Wildman–Crippen LogP) is 4.43. The van der Waals surface area contributed by atoms with Gasteiger partial charge in [-0.25, -0.2) is 9.59 Å². The number of fused-ring (bicyclic) bond motifs is 1. The third kappa shape index (κ3) is 3.75. The predicted molar refractivity (Wildman–Crippen MR) is 84.9 cm³/mol. The van der Waals surface area contributed by atoms with Crippen LogP contribution < -0.4 is 15.1 Å². The number of halogens is 3. The first kappa shape index (κ1) is 17.3. The van der Waals surface area contributed by atoms with Crippen LogP contribution in [-0.4, -0.2) is 5.97 Å². The zero-order valence-corrected chi connectivity index (χ0v) is 12.9. The number of carbonyl (C=O) groups is 1. The van der Waals surface area contributed by atoms with Gasteiger partial charge in [-0.1, -0.05) is 12.1 Å². The van der Waals surface area contributed by atoms with Gasteiger partial charge in [-0.15, -0.1) is 0 Å². The van der Waals surface area contributed by atoms with Gasteiger partial charge in [0.15, 0.2) is 11.3 Å². The molecule has 0 aliphatic rings. The van der Waals surface area contributed by atoms with E-state index in [1.165, 1.54) is 30.3 Å². The molecular formula is C18H9F3O5. The molecule has 3 aromatic rings. The summed E-state index contributed by atoms with van der Waals surface area (Å²) in [5, 5.41) is 0.564. The van der Waals surface area contributed by atoms with E-state index in [2.05, 4.69) is 4.74 Å². The molecule has 0 spiro atoms. The maximum atomic E-state index is 12.7. The summed E-state index contributed by atoms with van der Waals surface area (Å²) in [5.41, 5.74) is -0.436. The minimum Gasteiger partial charge on any atom is -0.428 e. The Morgan fingerprint density at radius 2 is 1.62 bits per heavy atom. The minimum absolute atomic E-state index is 0.0407. The number of para-hydroxylation sites is 1. The Hall–Kier alpha value is -3.55. The van der Waals surface area contributed by atoms with Crippen LogP contribution >= 0.6 is 0 Å². The van der Waals surface area contributed by atoms with E-state index in [-0.39, 0.29) is 22.6 Å². The Bertz CT molecular complexity index is 1050. The molecule has 0 amide bonds. The van der Waals surface area contributed by atoms with E-state index in [1.54, 1.807) is 12.1 Å². The Kier molecular flexibility index (Phi) is 4.74. The van der Waals surface area contributed by atoms with E-state index in [4.69, 9.17) is 9.15 Å². The third-order valence-electron chi connectivity index (χ3n) is 3.26. The molecule has 1 heterocycles. The first-order chi connectivity index (χ1) is 12.4.